The number of hydrogen-bond acceptors (Lipinski definition) is 1. The maximum Gasteiger partial charge on any atom is 0.0714 e. The highest BCUT2D eigenvalue weighted by Crippen LogP contribution is 2.62. The average Bonchev–Trinajstić information content (AvgIpc) is 3.66. The molecule has 9 aromatic carbocycles. The van der Waals surface area contributed by atoms with Gasteiger partial charge in [0.15, 0.2) is 0 Å². The van der Waals surface area contributed by atoms with Crippen molar-refractivity contribution in [1.82, 2.24) is 0 Å². The highest BCUT2D eigenvalue weighted by atomic mass is 15.1. The van der Waals surface area contributed by atoms with Gasteiger partial charge in [0, 0.05) is 16.9 Å². The molecule has 0 heterocycles. The molecule has 4 bridgehead atoms. The number of rotatable bonds is 8. The molecule has 0 aromatic heterocycles. The molecule has 5 aliphatic carbocycles. The molecular formula is C63H51N. The Hall–Kier alpha value is -6.96. The second kappa shape index (κ2) is 14.8. The molecule has 0 amide bonds. The van der Waals surface area contributed by atoms with Gasteiger partial charge in [0.25, 0.3) is 0 Å². The van der Waals surface area contributed by atoms with Gasteiger partial charge in [-0.1, -0.05) is 188 Å². The zero-order valence-corrected chi connectivity index (χ0v) is 36.2. The van der Waals surface area contributed by atoms with Crippen LogP contribution in [0.3, 0.4) is 0 Å². The number of hydrogen-bond donors (Lipinski definition) is 0. The fourth-order valence-electron chi connectivity index (χ4n) is 13.7. The highest BCUT2D eigenvalue weighted by Gasteiger charge is 2.52. The van der Waals surface area contributed by atoms with Crippen molar-refractivity contribution in [1.29, 1.82) is 0 Å². The van der Waals surface area contributed by atoms with Gasteiger partial charge in [-0.15, -0.1) is 0 Å². The van der Waals surface area contributed by atoms with Crippen LogP contribution < -0.4 is 4.90 Å². The summed E-state index contributed by atoms with van der Waals surface area (Å²) in [5, 5.41) is 2.54. The van der Waals surface area contributed by atoms with E-state index in [1.54, 1.807) is 5.56 Å². The van der Waals surface area contributed by atoms with Crippen LogP contribution in [0.15, 0.2) is 218 Å². The van der Waals surface area contributed by atoms with E-state index in [4.69, 9.17) is 0 Å². The Morgan fingerprint density at radius 3 is 1.42 bits per heavy atom. The van der Waals surface area contributed by atoms with Crippen molar-refractivity contribution >= 4 is 27.8 Å². The van der Waals surface area contributed by atoms with Gasteiger partial charge in [0.1, 0.15) is 0 Å². The first kappa shape index (κ1) is 37.6. The fourth-order valence-corrected chi connectivity index (χ4v) is 13.7. The van der Waals surface area contributed by atoms with Gasteiger partial charge in [0.2, 0.25) is 0 Å². The molecule has 9 aromatic rings. The number of fused-ring (bicyclic) bond motifs is 4. The van der Waals surface area contributed by atoms with E-state index in [9.17, 15) is 0 Å². The summed E-state index contributed by atoms with van der Waals surface area (Å²) in [6, 6.07) is 82.1. The molecule has 0 atom stereocenters. The minimum atomic E-state index is -0.479. The Bertz CT molecular complexity index is 3080. The Balaban J connectivity index is 1.00. The van der Waals surface area contributed by atoms with Gasteiger partial charge >= 0.3 is 0 Å². The van der Waals surface area contributed by atoms with Gasteiger partial charge < -0.3 is 4.90 Å². The van der Waals surface area contributed by atoms with Crippen LogP contribution in [0.1, 0.15) is 66.3 Å². The molecular weight excluding hydrogens is 771 g/mol. The molecule has 0 N–H and O–H groups in total. The van der Waals surface area contributed by atoms with Crippen molar-refractivity contribution in [3.05, 3.63) is 246 Å². The van der Waals surface area contributed by atoms with E-state index in [2.05, 4.69) is 223 Å². The lowest BCUT2D eigenvalue weighted by molar-refractivity contribution is -0.00518. The van der Waals surface area contributed by atoms with Crippen LogP contribution in [-0.2, 0) is 10.8 Å². The largest absolute Gasteiger partial charge is 0.310 e. The molecule has 0 unspecified atom stereocenters. The first-order valence-corrected chi connectivity index (χ1v) is 23.6. The monoisotopic (exact) mass is 821 g/mol. The van der Waals surface area contributed by atoms with Gasteiger partial charge in [-0.25, -0.2) is 0 Å². The maximum atomic E-state index is 2.55. The number of benzene rings is 9. The van der Waals surface area contributed by atoms with Gasteiger partial charge in [0.05, 0.1) is 11.1 Å². The minimum Gasteiger partial charge on any atom is -0.310 e. The van der Waals surface area contributed by atoms with Gasteiger partial charge in [-0.05, 0) is 158 Å². The van der Waals surface area contributed by atoms with Crippen LogP contribution in [0.25, 0.3) is 44.2 Å². The lowest BCUT2D eigenvalue weighted by Gasteiger charge is -2.57. The number of anilines is 3. The highest BCUT2D eigenvalue weighted by molar-refractivity contribution is 6.06. The second-order valence-corrected chi connectivity index (χ2v) is 19.4. The molecule has 1 heteroatoms. The third-order valence-corrected chi connectivity index (χ3v) is 15.9. The van der Waals surface area contributed by atoms with E-state index in [0.29, 0.717) is 5.41 Å². The summed E-state index contributed by atoms with van der Waals surface area (Å²) in [6.45, 7) is 0. The maximum absolute atomic E-state index is 2.55. The standard InChI is InChI=1S/C63H51N/c1-4-15-46(16-5-1)54-24-12-17-48-18-13-25-55(60(48)54)47-29-33-52(34-30-47)64(53-35-31-49(32-36-53)62-40-43-37-44(41-62)39-45(38-43)42-62)59-28-14-27-58-61(59)56-23-10-11-26-57(56)63(58,50-19-6-2-7-20-50)51-21-8-3-9-22-51/h1-36,43-45H,37-42H2. The summed E-state index contributed by atoms with van der Waals surface area (Å²) < 4.78 is 0. The van der Waals surface area contributed by atoms with Crippen LogP contribution in [0.4, 0.5) is 17.1 Å². The van der Waals surface area contributed by atoms with Crippen LogP contribution in [0.2, 0.25) is 0 Å². The Morgan fingerprint density at radius 1 is 0.359 bits per heavy atom. The molecule has 4 saturated carbocycles. The van der Waals surface area contributed by atoms with Crippen molar-refractivity contribution in [2.75, 3.05) is 4.90 Å². The fraction of sp³-hybridized carbons (Fsp3) is 0.175. The van der Waals surface area contributed by atoms with E-state index in [0.717, 1.165) is 23.4 Å². The summed E-state index contributed by atoms with van der Waals surface area (Å²) in [5.74, 6) is 2.73. The zero-order chi connectivity index (χ0) is 42.2. The second-order valence-electron chi connectivity index (χ2n) is 19.4. The minimum absolute atomic E-state index is 0.342. The van der Waals surface area contributed by atoms with Crippen LogP contribution in [0.5, 0.6) is 0 Å². The predicted octanol–water partition coefficient (Wildman–Crippen LogP) is 16.5. The molecule has 0 aliphatic heterocycles. The van der Waals surface area contributed by atoms with Gasteiger partial charge in [-0.2, -0.15) is 0 Å². The predicted molar refractivity (Wildman–Crippen MR) is 267 cm³/mol. The summed E-state index contributed by atoms with van der Waals surface area (Å²) in [4.78, 5) is 2.55. The van der Waals surface area contributed by atoms with E-state index in [1.807, 2.05) is 0 Å². The van der Waals surface area contributed by atoms with E-state index >= 15 is 0 Å². The SMILES string of the molecule is c1ccc(-c2cccc3cccc(-c4ccc(N(c5ccc(C67CC8CC(CC(C8)C6)C7)cc5)c5cccc6c5-c5ccccc5C6(c5ccccc5)c5ccccc5)cc4)c23)cc1. The normalized spacial score (nSPS) is 21.1. The quantitative estimate of drug-likeness (QED) is 0.148. The molecule has 1 nitrogen and oxygen atoms in total. The Morgan fingerprint density at radius 2 is 0.828 bits per heavy atom. The molecule has 0 radical (unpaired) electrons. The van der Waals surface area contributed by atoms with E-state index < -0.39 is 5.41 Å². The lowest BCUT2D eigenvalue weighted by atomic mass is 9.48. The number of nitrogens with zero attached hydrogens (tertiary/aromatic N) is 1. The summed E-state index contributed by atoms with van der Waals surface area (Å²) in [6.07, 6.45) is 8.49. The summed E-state index contributed by atoms with van der Waals surface area (Å²) in [7, 11) is 0. The van der Waals surface area contributed by atoms with Crippen molar-refractivity contribution in [3.63, 3.8) is 0 Å². The molecule has 0 spiro atoms. The Kier molecular flexibility index (Phi) is 8.70. The lowest BCUT2D eigenvalue weighted by Crippen LogP contribution is -2.48. The molecule has 5 aliphatic rings. The van der Waals surface area contributed by atoms with Crippen LogP contribution in [0, 0.1) is 17.8 Å². The first-order chi connectivity index (χ1) is 31.7. The molecule has 14 rings (SSSR count). The zero-order valence-electron chi connectivity index (χ0n) is 36.2. The van der Waals surface area contributed by atoms with E-state index in [1.165, 1.54) is 116 Å². The molecule has 308 valence electrons. The molecule has 64 heavy (non-hydrogen) atoms. The summed E-state index contributed by atoms with van der Waals surface area (Å²) in [5.41, 5.74) is 17.7. The smallest absolute Gasteiger partial charge is 0.0714 e. The van der Waals surface area contributed by atoms with E-state index in [-0.39, 0.29) is 0 Å². The van der Waals surface area contributed by atoms with Gasteiger partial charge in [-0.3, -0.25) is 0 Å². The average molecular weight is 822 g/mol. The van der Waals surface area contributed by atoms with Crippen molar-refractivity contribution in [3.8, 4) is 33.4 Å². The van der Waals surface area contributed by atoms with Crippen LogP contribution in [-0.4, -0.2) is 0 Å². The van der Waals surface area contributed by atoms with Crippen molar-refractivity contribution in [2.24, 2.45) is 17.8 Å². The topological polar surface area (TPSA) is 3.24 Å². The molecule has 4 fully saturated rings. The first-order valence-electron chi connectivity index (χ1n) is 23.6. The van der Waals surface area contributed by atoms with Crippen molar-refractivity contribution < 1.29 is 0 Å². The molecule has 0 saturated heterocycles. The third kappa shape index (κ3) is 5.76. The summed E-state index contributed by atoms with van der Waals surface area (Å²) >= 11 is 0. The third-order valence-electron chi connectivity index (χ3n) is 15.9. The Labute approximate surface area is 377 Å². The van der Waals surface area contributed by atoms with Crippen molar-refractivity contribution in [2.45, 2.75) is 49.4 Å². The van der Waals surface area contributed by atoms with Crippen LogP contribution >= 0.6 is 0 Å².